The van der Waals surface area contributed by atoms with Crippen molar-refractivity contribution in [1.29, 1.82) is 0 Å². The lowest BCUT2D eigenvalue weighted by atomic mass is 10.2. The van der Waals surface area contributed by atoms with Crippen molar-refractivity contribution < 1.29 is 17.9 Å². The van der Waals surface area contributed by atoms with Crippen molar-refractivity contribution in [1.82, 2.24) is 9.29 Å². The molecule has 12 heteroatoms. The molecule has 3 aromatic rings. The van der Waals surface area contributed by atoms with Crippen LogP contribution in [-0.2, 0) is 19.6 Å². The number of amides is 1. The molecule has 4 heterocycles. The summed E-state index contributed by atoms with van der Waals surface area (Å²) in [4.78, 5) is 20.1. The Bertz CT molecular complexity index is 1290. The van der Waals surface area contributed by atoms with E-state index in [0.717, 1.165) is 28.9 Å². The molecule has 1 aromatic carbocycles. The second-order valence-electron chi connectivity index (χ2n) is 8.00. The molecule has 0 saturated carbocycles. The first-order valence-electron chi connectivity index (χ1n) is 10.6. The fourth-order valence-corrected chi connectivity index (χ4v) is 8.82. The summed E-state index contributed by atoms with van der Waals surface area (Å²) >= 11 is 14.7. The molecule has 0 bridgehead atoms. The van der Waals surface area contributed by atoms with Crippen LogP contribution in [0.1, 0.15) is 25.7 Å². The Morgan fingerprint density at radius 1 is 1.18 bits per heavy atom. The molecule has 2 atom stereocenters. The maximum absolute atomic E-state index is 13.9. The van der Waals surface area contributed by atoms with Gasteiger partial charge in [-0.2, -0.15) is 4.31 Å². The van der Waals surface area contributed by atoms with Gasteiger partial charge in [-0.05, 0) is 49.9 Å². The van der Waals surface area contributed by atoms with Crippen molar-refractivity contribution in [3.05, 3.63) is 39.7 Å². The van der Waals surface area contributed by atoms with Crippen LogP contribution in [0.25, 0.3) is 10.2 Å². The van der Waals surface area contributed by atoms with Crippen LogP contribution in [0.3, 0.4) is 0 Å². The van der Waals surface area contributed by atoms with Gasteiger partial charge in [0.2, 0.25) is 5.91 Å². The van der Waals surface area contributed by atoms with E-state index in [1.54, 1.807) is 17.0 Å². The molecule has 2 saturated heterocycles. The predicted octanol–water partition coefficient (Wildman–Crippen LogP) is 5.03. The van der Waals surface area contributed by atoms with Crippen molar-refractivity contribution >= 4 is 77.2 Å². The molecule has 176 valence electrons. The van der Waals surface area contributed by atoms with Gasteiger partial charge in [-0.3, -0.25) is 9.69 Å². The molecule has 0 aliphatic carbocycles. The zero-order valence-electron chi connectivity index (χ0n) is 17.4. The third kappa shape index (κ3) is 4.54. The Hall–Kier alpha value is -1.27. The Labute approximate surface area is 209 Å². The number of halogens is 2. The number of carbonyl (C=O) groups excluding carboxylic acids is 1. The third-order valence-electron chi connectivity index (χ3n) is 5.87. The van der Waals surface area contributed by atoms with Gasteiger partial charge in [-0.15, -0.1) is 11.3 Å². The molecule has 2 unspecified atom stereocenters. The molecule has 2 aliphatic rings. The second-order valence-corrected chi connectivity index (χ2v) is 13.2. The number of aromatic nitrogens is 1. The molecule has 2 fully saturated rings. The molecule has 2 aliphatic heterocycles. The average Bonchev–Trinajstić information content (AvgIpc) is 3.58. The van der Waals surface area contributed by atoms with E-state index in [1.807, 2.05) is 12.1 Å². The van der Waals surface area contributed by atoms with E-state index >= 15 is 0 Å². The lowest BCUT2D eigenvalue weighted by molar-refractivity contribution is -0.122. The van der Waals surface area contributed by atoms with Crippen LogP contribution in [0.15, 0.2) is 34.5 Å². The van der Waals surface area contributed by atoms with Crippen molar-refractivity contribution in [3.63, 3.8) is 0 Å². The van der Waals surface area contributed by atoms with Gasteiger partial charge in [0, 0.05) is 13.2 Å². The molecular formula is C21H21Cl2N3O4S3. The van der Waals surface area contributed by atoms with E-state index in [4.69, 9.17) is 27.9 Å². The third-order valence-corrected chi connectivity index (χ3v) is 10.8. The Kier molecular flexibility index (Phi) is 6.69. The fourth-order valence-electron chi connectivity index (χ4n) is 4.28. The van der Waals surface area contributed by atoms with E-state index < -0.39 is 16.1 Å². The summed E-state index contributed by atoms with van der Waals surface area (Å²) in [5, 5.41) is 1.01. The summed E-state index contributed by atoms with van der Waals surface area (Å²) in [7, 11) is -3.84. The minimum atomic E-state index is -3.84. The molecule has 0 N–H and O–H groups in total. The van der Waals surface area contributed by atoms with Crippen LogP contribution in [0.2, 0.25) is 9.36 Å². The number of para-hydroxylation sites is 1. The summed E-state index contributed by atoms with van der Waals surface area (Å²) < 4.78 is 35.1. The number of thiophene rings is 1. The summed E-state index contributed by atoms with van der Waals surface area (Å²) in [6, 6.07) is 7.75. The molecular weight excluding hydrogens is 525 g/mol. The van der Waals surface area contributed by atoms with Gasteiger partial charge < -0.3 is 4.74 Å². The zero-order chi connectivity index (χ0) is 23.2. The lowest BCUT2D eigenvalue weighted by Crippen LogP contribution is -2.49. The number of rotatable bonds is 6. The first-order chi connectivity index (χ1) is 15.8. The van der Waals surface area contributed by atoms with Crippen LogP contribution in [0, 0.1) is 0 Å². The normalized spacial score (nSPS) is 21.8. The predicted molar refractivity (Wildman–Crippen MR) is 132 cm³/mol. The quantitative estimate of drug-likeness (QED) is 0.434. The fraction of sp³-hybridized carbons (Fsp3) is 0.429. The first kappa shape index (κ1) is 23.5. The van der Waals surface area contributed by atoms with Gasteiger partial charge in [0.25, 0.3) is 10.0 Å². The summed E-state index contributed by atoms with van der Waals surface area (Å²) in [6.07, 6.45) is 2.72. The van der Waals surface area contributed by atoms with Crippen LogP contribution in [0.4, 0.5) is 5.13 Å². The van der Waals surface area contributed by atoms with Gasteiger partial charge in [-0.1, -0.05) is 40.6 Å². The van der Waals surface area contributed by atoms with Gasteiger partial charge >= 0.3 is 0 Å². The molecule has 0 radical (unpaired) electrons. The molecule has 7 nitrogen and oxygen atoms in total. The number of anilines is 1. The maximum Gasteiger partial charge on any atom is 0.253 e. The van der Waals surface area contributed by atoms with Gasteiger partial charge in [-0.25, -0.2) is 13.4 Å². The highest BCUT2D eigenvalue weighted by atomic mass is 35.5. The molecule has 5 rings (SSSR count). The van der Waals surface area contributed by atoms with E-state index in [-0.39, 0.29) is 22.8 Å². The molecule has 0 spiro atoms. The Morgan fingerprint density at radius 2 is 2.03 bits per heavy atom. The zero-order valence-corrected chi connectivity index (χ0v) is 21.4. The number of hydrogen-bond donors (Lipinski definition) is 0. The van der Waals surface area contributed by atoms with Gasteiger partial charge in [0.1, 0.15) is 15.8 Å². The largest absolute Gasteiger partial charge is 0.376 e. The van der Waals surface area contributed by atoms with E-state index in [9.17, 15) is 13.2 Å². The summed E-state index contributed by atoms with van der Waals surface area (Å²) in [6.45, 7) is 1.26. The Balaban J connectivity index is 1.50. The highest BCUT2D eigenvalue weighted by Gasteiger charge is 2.43. The number of carbonyl (C=O) groups is 1. The van der Waals surface area contributed by atoms with Crippen LogP contribution < -0.4 is 4.90 Å². The lowest BCUT2D eigenvalue weighted by Gasteiger charge is -2.29. The highest BCUT2D eigenvalue weighted by Crippen LogP contribution is 2.36. The van der Waals surface area contributed by atoms with Crippen molar-refractivity contribution in [3.8, 4) is 0 Å². The minimum Gasteiger partial charge on any atom is -0.376 e. The van der Waals surface area contributed by atoms with Crippen molar-refractivity contribution in [2.24, 2.45) is 0 Å². The van der Waals surface area contributed by atoms with E-state index in [2.05, 4.69) is 4.98 Å². The maximum atomic E-state index is 13.9. The van der Waals surface area contributed by atoms with Crippen molar-refractivity contribution in [2.45, 2.75) is 42.0 Å². The number of hydrogen-bond acceptors (Lipinski definition) is 7. The van der Waals surface area contributed by atoms with E-state index in [1.165, 1.54) is 21.7 Å². The number of thiazole rings is 1. The smallest absolute Gasteiger partial charge is 0.253 e. The molecule has 1 amide bonds. The van der Waals surface area contributed by atoms with Crippen LogP contribution in [0.5, 0.6) is 0 Å². The summed E-state index contributed by atoms with van der Waals surface area (Å²) in [5.41, 5.74) is 0.633. The van der Waals surface area contributed by atoms with Crippen LogP contribution in [-0.4, -0.2) is 55.5 Å². The first-order valence-corrected chi connectivity index (χ1v) is 14.4. The number of ether oxygens (including phenoxy) is 1. The number of sulfonamides is 1. The highest BCUT2D eigenvalue weighted by molar-refractivity contribution is 7.91. The topological polar surface area (TPSA) is 79.8 Å². The monoisotopic (exact) mass is 545 g/mol. The van der Waals surface area contributed by atoms with Gasteiger partial charge in [0.05, 0.1) is 26.7 Å². The SMILES string of the molecule is O=C(C1CCCN1S(=O)(=O)c1ccc(Cl)s1)N(CC1CCCO1)c1nc2c(Cl)cccc2s1. The number of benzene rings is 1. The second kappa shape index (κ2) is 9.41. The minimum absolute atomic E-state index is 0.112. The number of nitrogens with zero attached hydrogens (tertiary/aromatic N) is 3. The average molecular weight is 547 g/mol. The molecule has 33 heavy (non-hydrogen) atoms. The van der Waals surface area contributed by atoms with E-state index in [0.29, 0.717) is 46.0 Å². The van der Waals surface area contributed by atoms with Gasteiger partial charge in [0.15, 0.2) is 5.13 Å². The van der Waals surface area contributed by atoms with Crippen LogP contribution >= 0.6 is 45.9 Å². The Morgan fingerprint density at radius 3 is 2.73 bits per heavy atom. The number of fused-ring (bicyclic) bond motifs is 1. The standard InChI is InChI=1S/C21H21Cl2N3O4S3/c22-14-5-1-7-16-19(14)24-21(31-16)25(12-13-4-3-11-30-13)20(27)15-6-2-10-26(15)33(28,29)18-9-8-17(23)32-18/h1,5,7-9,13,15H,2-4,6,10-12H2. The van der Waals surface area contributed by atoms with Crippen molar-refractivity contribution in [2.75, 3.05) is 24.6 Å². The molecule has 2 aromatic heterocycles. The summed E-state index contributed by atoms with van der Waals surface area (Å²) in [5.74, 6) is -0.288.